The van der Waals surface area contributed by atoms with Gasteiger partial charge in [0.15, 0.2) is 0 Å². The summed E-state index contributed by atoms with van der Waals surface area (Å²) in [6, 6.07) is 6.76. The molecule has 2 amide bonds. The Kier molecular flexibility index (Phi) is 5.42. The number of anilines is 1. The molecule has 2 aliphatic heterocycles. The minimum absolute atomic E-state index is 0.0567. The Balaban J connectivity index is 1.45. The van der Waals surface area contributed by atoms with Gasteiger partial charge in [-0.15, -0.1) is 0 Å². The number of hydrogen-bond acceptors (Lipinski definition) is 4. The van der Waals surface area contributed by atoms with Gasteiger partial charge in [-0.25, -0.2) is 8.42 Å². The van der Waals surface area contributed by atoms with Crippen LogP contribution in [0, 0.1) is 5.92 Å². The number of amides is 2. The van der Waals surface area contributed by atoms with E-state index in [1.165, 1.54) is 0 Å². The Morgan fingerprint density at radius 2 is 1.64 bits per heavy atom. The van der Waals surface area contributed by atoms with E-state index in [9.17, 15) is 18.0 Å². The molecule has 0 spiro atoms. The molecule has 2 saturated heterocycles. The van der Waals surface area contributed by atoms with Gasteiger partial charge in [-0.3, -0.25) is 9.59 Å². The van der Waals surface area contributed by atoms with Crippen LogP contribution < -0.4 is 10.2 Å². The molecule has 1 atom stereocenters. The molecule has 0 radical (unpaired) electrons. The van der Waals surface area contributed by atoms with Gasteiger partial charge >= 0.3 is 0 Å². The third kappa shape index (κ3) is 4.07. The molecule has 1 saturated carbocycles. The molecule has 0 aromatic heterocycles. The van der Waals surface area contributed by atoms with E-state index in [0.717, 1.165) is 38.5 Å². The first-order valence-corrected chi connectivity index (χ1v) is 11.6. The van der Waals surface area contributed by atoms with Crippen LogP contribution >= 0.6 is 0 Å². The summed E-state index contributed by atoms with van der Waals surface area (Å²) in [6.45, 7) is 1.47. The molecule has 152 valence electrons. The molecule has 4 rings (SSSR count). The number of carbonyl (C=O) groups is 2. The van der Waals surface area contributed by atoms with E-state index < -0.39 is 10.0 Å². The Labute approximate surface area is 166 Å². The van der Waals surface area contributed by atoms with Gasteiger partial charge < -0.3 is 10.2 Å². The van der Waals surface area contributed by atoms with E-state index in [4.69, 9.17) is 0 Å². The standard InChI is InChI=1S/C20H27N3O4S/c24-19-13-15(20(25)21-16-5-6-16)14-23(19)17-7-9-18(10-8-17)28(26,27)22-11-3-1-2-4-12-22/h7-10,15-16H,1-6,11-14H2,(H,21,25)/t15-/m0/s1. The summed E-state index contributed by atoms with van der Waals surface area (Å²) < 4.78 is 27.3. The van der Waals surface area contributed by atoms with Crippen LogP contribution in [0.15, 0.2) is 29.2 Å². The molecule has 1 aromatic carbocycles. The third-order valence-electron chi connectivity index (χ3n) is 5.77. The number of nitrogens with one attached hydrogen (secondary N) is 1. The second kappa shape index (κ2) is 7.83. The van der Waals surface area contributed by atoms with Crippen molar-refractivity contribution in [3.8, 4) is 0 Å². The van der Waals surface area contributed by atoms with Crippen LogP contribution in [0.4, 0.5) is 5.69 Å². The number of carbonyl (C=O) groups excluding carboxylic acids is 2. The summed E-state index contributed by atoms with van der Waals surface area (Å²) in [5, 5.41) is 2.96. The molecule has 0 bridgehead atoms. The highest BCUT2D eigenvalue weighted by Gasteiger charge is 2.37. The monoisotopic (exact) mass is 405 g/mol. The lowest BCUT2D eigenvalue weighted by molar-refractivity contribution is -0.126. The smallest absolute Gasteiger partial charge is 0.243 e. The third-order valence-corrected chi connectivity index (χ3v) is 7.68. The minimum atomic E-state index is -3.50. The van der Waals surface area contributed by atoms with Crippen LogP contribution in [0.1, 0.15) is 44.9 Å². The van der Waals surface area contributed by atoms with Crippen molar-refractivity contribution in [3.63, 3.8) is 0 Å². The number of nitrogens with zero attached hydrogens (tertiary/aromatic N) is 2. The quantitative estimate of drug-likeness (QED) is 0.810. The molecule has 1 aromatic rings. The fraction of sp³-hybridized carbons (Fsp3) is 0.600. The number of benzene rings is 1. The fourth-order valence-electron chi connectivity index (χ4n) is 3.91. The van der Waals surface area contributed by atoms with E-state index in [1.807, 2.05) is 0 Å². The molecule has 1 aliphatic carbocycles. The molecule has 3 aliphatic rings. The summed E-state index contributed by atoms with van der Waals surface area (Å²) >= 11 is 0. The summed E-state index contributed by atoms with van der Waals surface area (Å²) in [7, 11) is -3.50. The van der Waals surface area contributed by atoms with Gasteiger partial charge in [0.05, 0.1) is 10.8 Å². The van der Waals surface area contributed by atoms with Gasteiger partial charge in [0.1, 0.15) is 0 Å². The first-order valence-electron chi connectivity index (χ1n) is 10.2. The van der Waals surface area contributed by atoms with Crippen molar-refractivity contribution < 1.29 is 18.0 Å². The molecule has 8 heteroatoms. The van der Waals surface area contributed by atoms with Gasteiger partial charge in [-0.1, -0.05) is 12.8 Å². The number of rotatable bonds is 5. The topological polar surface area (TPSA) is 86.8 Å². The maximum Gasteiger partial charge on any atom is 0.243 e. The lowest BCUT2D eigenvalue weighted by Gasteiger charge is -2.21. The lowest BCUT2D eigenvalue weighted by Crippen LogP contribution is -2.34. The molecule has 2 heterocycles. The normalized spacial score (nSPS) is 24.2. The summed E-state index contributed by atoms with van der Waals surface area (Å²) in [4.78, 5) is 26.4. The highest BCUT2D eigenvalue weighted by atomic mass is 32.2. The average molecular weight is 406 g/mol. The van der Waals surface area contributed by atoms with E-state index in [1.54, 1.807) is 33.5 Å². The van der Waals surface area contributed by atoms with Gasteiger partial charge in [-0.05, 0) is 49.9 Å². The second-order valence-corrected chi connectivity index (χ2v) is 9.94. The van der Waals surface area contributed by atoms with Crippen LogP contribution in [-0.2, 0) is 19.6 Å². The van der Waals surface area contributed by atoms with E-state index in [-0.39, 0.29) is 35.1 Å². The highest BCUT2D eigenvalue weighted by molar-refractivity contribution is 7.89. The number of sulfonamides is 1. The Morgan fingerprint density at radius 3 is 2.25 bits per heavy atom. The first kappa shape index (κ1) is 19.4. The lowest BCUT2D eigenvalue weighted by atomic mass is 10.1. The summed E-state index contributed by atoms with van der Waals surface area (Å²) in [5.74, 6) is -0.494. The van der Waals surface area contributed by atoms with Crippen molar-refractivity contribution in [1.82, 2.24) is 9.62 Å². The zero-order valence-electron chi connectivity index (χ0n) is 16.0. The molecule has 3 fully saturated rings. The Bertz CT molecular complexity index is 841. The van der Waals surface area contributed by atoms with Crippen molar-refractivity contribution in [3.05, 3.63) is 24.3 Å². The average Bonchev–Trinajstić information content (AvgIpc) is 3.46. The van der Waals surface area contributed by atoms with Crippen LogP contribution in [-0.4, -0.2) is 50.2 Å². The van der Waals surface area contributed by atoms with Crippen LogP contribution in [0.5, 0.6) is 0 Å². The molecular formula is C20H27N3O4S. The van der Waals surface area contributed by atoms with Crippen molar-refractivity contribution >= 4 is 27.5 Å². The predicted molar refractivity (Wildman–Crippen MR) is 105 cm³/mol. The SMILES string of the molecule is O=C(NC1CC1)[C@H]1CC(=O)N(c2ccc(S(=O)(=O)N3CCCCCC3)cc2)C1. The fourth-order valence-corrected chi connectivity index (χ4v) is 5.43. The van der Waals surface area contributed by atoms with Crippen molar-refractivity contribution in [2.75, 3.05) is 24.5 Å². The first-order chi connectivity index (χ1) is 13.4. The molecule has 28 heavy (non-hydrogen) atoms. The van der Waals surface area contributed by atoms with E-state index in [2.05, 4.69) is 5.32 Å². The zero-order chi connectivity index (χ0) is 19.7. The molecular weight excluding hydrogens is 378 g/mol. The highest BCUT2D eigenvalue weighted by Crippen LogP contribution is 2.28. The maximum absolute atomic E-state index is 12.9. The maximum atomic E-state index is 12.9. The molecule has 7 nitrogen and oxygen atoms in total. The predicted octanol–water partition coefficient (Wildman–Crippen LogP) is 1.88. The van der Waals surface area contributed by atoms with E-state index >= 15 is 0 Å². The van der Waals surface area contributed by atoms with Gasteiger partial charge in [0.2, 0.25) is 21.8 Å². The zero-order valence-corrected chi connectivity index (χ0v) is 16.8. The van der Waals surface area contributed by atoms with Gasteiger partial charge in [0, 0.05) is 37.8 Å². The van der Waals surface area contributed by atoms with E-state index in [0.29, 0.717) is 25.3 Å². The van der Waals surface area contributed by atoms with Gasteiger partial charge in [0.25, 0.3) is 0 Å². The minimum Gasteiger partial charge on any atom is -0.353 e. The Hall–Kier alpha value is -1.93. The van der Waals surface area contributed by atoms with Crippen LogP contribution in [0.2, 0.25) is 0 Å². The van der Waals surface area contributed by atoms with Crippen molar-refractivity contribution in [2.24, 2.45) is 5.92 Å². The van der Waals surface area contributed by atoms with Crippen LogP contribution in [0.25, 0.3) is 0 Å². The largest absolute Gasteiger partial charge is 0.353 e. The molecule has 1 N–H and O–H groups in total. The summed E-state index contributed by atoms with van der Waals surface area (Å²) in [6.07, 6.45) is 6.15. The van der Waals surface area contributed by atoms with Crippen LogP contribution in [0.3, 0.4) is 0 Å². The summed E-state index contributed by atoms with van der Waals surface area (Å²) in [5.41, 5.74) is 0.640. The second-order valence-electron chi connectivity index (χ2n) is 8.00. The number of hydrogen-bond donors (Lipinski definition) is 1. The molecule has 0 unspecified atom stereocenters. The van der Waals surface area contributed by atoms with Crippen molar-refractivity contribution in [2.45, 2.75) is 55.9 Å². The van der Waals surface area contributed by atoms with Gasteiger partial charge in [-0.2, -0.15) is 4.31 Å². The van der Waals surface area contributed by atoms with Crippen molar-refractivity contribution in [1.29, 1.82) is 0 Å². The Morgan fingerprint density at radius 1 is 1.00 bits per heavy atom.